The minimum Gasteiger partial charge on any atom is -0.472 e. The second-order valence-electron chi connectivity index (χ2n) is 6.34. The van der Waals surface area contributed by atoms with E-state index in [4.69, 9.17) is 10.00 Å². The standard InChI is InChI=1S/C19H21N3O2/c1-14-5-2-6-15(11-14)19(23)22-10-4-8-17(13-22)24-18-16(12-20)7-3-9-21-18/h2-3,6-7,9,11,14,17H,4-5,8,10,13H2,1H3/t14?,17-/m1/s1. The number of amides is 1. The fraction of sp³-hybridized carbons (Fsp3) is 0.421. The SMILES string of the molecule is CC1C=C(C(=O)N2CCC[C@@H](Oc3ncccc3C#N)C2)C=CC1. The largest absolute Gasteiger partial charge is 0.472 e. The molecule has 1 aliphatic carbocycles. The summed E-state index contributed by atoms with van der Waals surface area (Å²) >= 11 is 0. The highest BCUT2D eigenvalue weighted by Crippen LogP contribution is 2.23. The number of aromatic nitrogens is 1. The molecule has 0 aromatic carbocycles. The Labute approximate surface area is 142 Å². The van der Waals surface area contributed by atoms with Crippen molar-refractivity contribution in [2.24, 2.45) is 5.92 Å². The first-order chi connectivity index (χ1) is 11.7. The van der Waals surface area contributed by atoms with Crippen molar-refractivity contribution in [3.05, 3.63) is 47.7 Å². The van der Waals surface area contributed by atoms with Crippen molar-refractivity contribution in [3.8, 4) is 11.9 Å². The second kappa shape index (κ2) is 7.31. The van der Waals surface area contributed by atoms with Crippen LogP contribution in [0.5, 0.6) is 5.88 Å². The zero-order chi connectivity index (χ0) is 16.9. The molecule has 124 valence electrons. The Morgan fingerprint density at radius 2 is 2.38 bits per heavy atom. The number of hydrogen-bond acceptors (Lipinski definition) is 4. The average Bonchev–Trinajstić information content (AvgIpc) is 2.62. The van der Waals surface area contributed by atoms with Gasteiger partial charge in [0.2, 0.25) is 5.88 Å². The van der Waals surface area contributed by atoms with Crippen LogP contribution in [0.3, 0.4) is 0 Å². The van der Waals surface area contributed by atoms with Crippen LogP contribution in [0.2, 0.25) is 0 Å². The maximum absolute atomic E-state index is 12.7. The number of piperidine rings is 1. The molecule has 0 radical (unpaired) electrons. The predicted octanol–water partition coefficient (Wildman–Crippen LogP) is 2.85. The molecule has 3 rings (SSSR count). The van der Waals surface area contributed by atoms with Crippen LogP contribution < -0.4 is 4.74 Å². The molecule has 1 aromatic heterocycles. The van der Waals surface area contributed by atoms with Crippen molar-refractivity contribution in [1.29, 1.82) is 5.26 Å². The van der Waals surface area contributed by atoms with E-state index in [0.29, 0.717) is 23.9 Å². The van der Waals surface area contributed by atoms with Crippen LogP contribution in [0.4, 0.5) is 0 Å². The van der Waals surface area contributed by atoms with Gasteiger partial charge >= 0.3 is 0 Å². The van der Waals surface area contributed by atoms with Gasteiger partial charge in [0, 0.05) is 18.3 Å². The number of nitrogens with zero attached hydrogens (tertiary/aromatic N) is 3. The van der Waals surface area contributed by atoms with Gasteiger partial charge in [0.05, 0.1) is 6.54 Å². The Bertz CT molecular complexity index is 718. The topological polar surface area (TPSA) is 66.2 Å². The lowest BCUT2D eigenvalue weighted by molar-refractivity contribution is -0.129. The van der Waals surface area contributed by atoms with Gasteiger partial charge in [-0.25, -0.2) is 4.98 Å². The zero-order valence-electron chi connectivity index (χ0n) is 13.8. The average molecular weight is 323 g/mol. The summed E-state index contributed by atoms with van der Waals surface area (Å²) in [6, 6.07) is 5.49. The van der Waals surface area contributed by atoms with E-state index in [1.54, 1.807) is 18.3 Å². The number of hydrogen-bond donors (Lipinski definition) is 0. The lowest BCUT2D eigenvalue weighted by Gasteiger charge is -2.33. The Morgan fingerprint density at radius 1 is 1.50 bits per heavy atom. The molecule has 0 bridgehead atoms. The molecule has 0 saturated carbocycles. The summed E-state index contributed by atoms with van der Waals surface area (Å²) in [6.45, 7) is 3.38. The third-order valence-electron chi connectivity index (χ3n) is 4.35. The van der Waals surface area contributed by atoms with Crippen molar-refractivity contribution in [1.82, 2.24) is 9.88 Å². The summed E-state index contributed by atoms with van der Waals surface area (Å²) in [4.78, 5) is 18.7. The van der Waals surface area contributed by atoms with Crippen LogP contribution in [0.15, 0.2) is 42.1 Å². The van der Waals surface area contributed by atoms with Crippen LogP contribution in [-0.2, 0) is 4.79 Å². The Hall–Kier alpha value is -2.61. The van der Waals surface area contributed by atoms with E-state index in [0.717, 1.165) is 31.4 Å². The number of likely N-dealkylation sites (tertiary alicyclic amines) is 1. The van der Waals surface area contributed by atoms with Gasteiger partial charge in [-0.1, -0.05) is 25.2 Å². The number of pyridine rings is 1. The quantitative estimate of drug-likeness (QED) is 0.858. The molecular weight excluding hydrogens is 302 g/mol. The summed E-state index contributed by atoms with van der Waals surface area (Å²) in [7, 11) is 0. The highest BCUT2D eigenvalue weighted by atomic mass is 16.5. The number of carbonyl (C=O) groups excluding carboxylic acids is 1. The molecule has 2 aliphatic rings. The van der Waals surface area contributed by atoms with E-state index in [1.165, 1.54) is 0 Å². The highest BCUT2D eigenvalue weighted by molar-refractivity contribution is 5.96. The van der Waals surface area contributed by atoms with Crippen LogP contribution in [0.25, 0.3) is 0 Å². The minimum absolute atomic E-state index is 0.0626. The predicted molar refractivity (Wildman–Crippen MR) is 90.2 cm³/mol. The maximum atomic E-state index is 12.7. The third-order valence-corrected chi connectivity index (χ3v) is 4.35. The molecule has 5 heteroatoms. The van der Waals surface area contributed by atoms with Crippen LogP contribution in [0, 0.1) is 17.2 Å². The van der Waals surface area contributed by atoms with Gasteiger partial charge in [0.25, 0.3) is 5.91 Å². The van der Waals surface area contributed by atoms with E-state index in [1.807, 2.05) is 17.1 Å². The zero-order valence-corrected chi connectivity index (χ0v) is 13.8. The number of allylic oxidation sites excluding steroid dienone is 2. The van der Waals surface area contributed by atoms with Gasteiger partial charge in [-0.2, -0.15) is 5.26 Å². The summed E-state index contributed by atoms with van der Waals surface area (Å²) in [5.74, 6) is 0.815. The van der Waals surface area contributed by atoms with E-state index in [9.17, 15) is 4.79 Å². The normalized spacial score (nSPS) is 23.3. The number of carbonyl (C=O) groups is 1. The van der Waals surface area contributed by atoms with Crippen molar-refractivity contribution in [2.45, 2.75) is 32.3 Å². The van der Waals surface area contributed by atoms with Crippen LogP contribution in [-0.4, -0.2) is 35.0 Å². The van der Waals surface area contributed by atoms with Gasteiger partial charge in [0.15, 0.2) is 0 Å². The molecule has 2 heterocycles. The monoisotopic (exact) mass is 323 g/mol. The molecule has 1 aromatic rings. The molecule has 2 atom stereocenters. The molecule has 1 fully saturated rings. The van der Waals surface area contributed by atoms with Gasteiger partial charge in [-0.3, -0.25) is 4.79 Å². The Kier molecular flexibility index (Phi) is 4.95. The number of ether oxygens (including phenoxy) is 1. The second-order valence-corrected chi connectivity index (χ2v) is 6.34. The molecule has 0 N–H and O–H groups in total. The highest BCUT2D eigenvalue weighted by Gasteiger charge is 2.27. The van der Waals surface area contributed by atoms with Crippen molar-refractivity contribution in [2.75, 3.05) is 13.1 Å². The molecular formula is C19H21N3O2. The summed E-state index contributed by atoms with van der Waals surface area (Å²) in [5, 5.41) is 9.13. The lowest BCUT2D eigenvalue weighted by Crippen LogP contribution is -2.45. The van der Waals surface area contributed by atoms with Crippen molar-refractivity contribution in [3.63, 3.8) is 0 Å². The van der Waals surface area contributed by atoms with Gasteiger partial charge < -0.3 is 9.64 Å². The molecule has 0 spiro atoms. The van der Waals surface area contributed by atoms with E-state index >= 15 is 0 Å². The number of nitriles is 1. The molecule has 1 unspecified atom stereocenters. The fourth-order valence-corrected chi connectivity index (χ4v) is 3.11. The van der Waals surface area contributed by atoms with Crippen LogP contribution >= 0.6 is 0 Å². The number of rotatable bonds is 3. The third kappa shape index (κ3) is 3.65. The Morgan fingerprint density at radius 3 is 3.17 bits per heavy atom. The maximum Gasteiger partial charge on any atom is 0.253 e. The molecule has 1 aliphatic heterocycles. The smallest absolute Gasteiger partial charge is 0.253 e. The molecule has 1 amide bonds. The van der Waals surface area contributed by atoms with Crippen molar-refractivity contribution < 1.29 is 9.53 Å². The minimum atomic E-state index is -0.129. The summed E-state index contributed by atoms with van der Waals surface area (Å²) in [5.41, 5.74) is 1.19. The van der Waals surface area contributed by atoms with E-state index < -0.39 is 0 Å². The molecule has 5 nitrogen and oxygen atoms in total. The first-order valence-corrected chi connectivity index (χ1v) is 8.37. The van der Waals surface area contributed by atoms with Crippen LogP contribution in [0.1, 0.15) is 31.7 Å². The Balaban J connectivity index is 1.67. The first kappa shape index (κ1) is 16.3. The van der Waals surface area contributed by atoms with Gasteiger partial charge in [-0.15, -0.1) is 0 Å². The van der Waals surface area contributed by atoms with Crippen molar-refractivity contribution >= 4 is 5.91 Å². The first-order valence-electron chi connectivity index (χ1n) is 8.37. The molecule has 24 heavy (non-hydrogen) atoms. The molecule has 1 saturated heterocycles. The van der Waals surface area contributed by atoms with Gasteiger partial charge in [0.1, 0.15) is 17.7 Å². The van der Waals surface area contributed by atoms with E-state index in [2.05, 4.69) is 24.1 Å². The summed E-state index contributed by atoms with van der Waals surface area (Å²) < 4.78 is 5.90. The van der Waals surface area contributed by atoms with Gasteiger partial charge in [-0.05, 0) is 37.3 Å². The summed E-state index contributed by atoms with van der Waals surface area (Å²) in [6.07, 6.45) is 10.2. The van der Waals surface area contributed by atoms with E-state index in [-0.39, 0.29) is 12.0 Å². The lowest BCUT2D eigenvalue weighted by atomic mass is 9.96. The fourth-order valence-electron chi connectivity index (χ4n) is 3.11.